The summed E-state index contributed by atoms with van der Waals surface area (Å²) in [6.07, 6.45) is 2.43. The van der Waals surface area contributed by atoms with Gasteiger partial charge in [0, 0.05) is 24.7 Å². The number of pyridine rings is 1. The molecule has 2 heterocycles. The van der Waals surface area contributed by atoms with E-state index in [1.54, 1.807) is 0 Å². The van der Waals surface area contributed by atoms with Gasteiger partial charge in [0.25, 0.3) is 0 Å². The lowest BCUT2D eigenvalue weighted by atomic mass is 9.93. The standard InChI is InChI=1S/C24H26N2O/c1-19-24(27-22-12-6-3-7-13-22)15-14-23(25-19)21-11-8-16-26(18-21)17-20-9-4-2-5-10-20/h2-7,9-10,12-15,21H,8,11,16-18H2,1H3. The fourth-order valence-electron chi connectivity index (χ4n) is 3.80. The third kappa shape index (κ3) is 4.55. The summed E-state index contributed by atoms with van der Waals surface area (Å²) in [6, 6.07) is 24.8. The summed E-state index contributed by atoms with van der Waals surface area (Å²) in [5.41, 5.74) is 3.52. The quantitative estimate of drug-likeness (QED) is 0.597. The summed E-state index contributed by atoms with van der Waals surface area (Å²) in [5.74, 6) is 2.18. The number of para-hydroxylation sites is 1. The average Bonchev–Trinajstić information content (AvgIpc) is 2.71. The van der Waals surface area contributed by atoms with Crippen LogP contribution in [0.4, 0.5) is 0 Å². The highest BCUT2D eigenvalue weighted by Gasteiger charge is 2.23. The molecule has 0 aliphatic carbocycles. The van der Waals surface area contributed by atoms with Crippen molar-refractivity contribution in [3.8, 4) is 11.5 Å². The molecule has 0 bridgehead atoms. The first-order chi connectivity index (χ1) is 13.3. The van der Waals surface area contributed by atoms with Crippen LogP contribution in [0.25, 0.3) is 0 Å². The molecule has 0 N–H and O–H groups in total. The van der Waals surface area contributed by atoms with E-state index in [4.69, 9.17) is 9.72 Å². The second kappa shape index (κ2) is 8.36. The van der Waals surface area contributed by atoms with Gasteiger partial charge in [0.2, 0.25) is 0 Å². The molecule has 3 aromatic rings. The highest BCUT2D eigenvalue weighted by atomic mass is 16.5. The maximum absolute atomic E-state index is 5.98. The Hall–Kier alpha value is -2.65. The lowest BCUT2D eigenvalue weighted by Gasteiger charge is -2.32. The van der Waals surface area contributed by atoms with Crippen molar-refractivity contribution in [3.05, 3.63) is 89.7 Å². The number of benzene rings is 2. The predicted octanol–water partition coefficient (Wildman–Crippen LogP) is 5.56. The van der Waals surface area contributed by atoms with Crippen LogP contribution in [-0.2, 0) is 6.54 Å². The lowest BCUT2D eigenvalue weighted by Crippen LogP contribution is -2.34. The van der Waals surface area contributed by atoms with Crippen molar-refractivity contribution in [1.29, 1.82) is 0 Å². The van der Waals surface area contributed by atoms with Crippen molar-refractivity contribution < 1.29 is 4.74 Å². The number of hydrogen-bond donors (Lipinski definition) is 0. The van der Waals surface area contributed by atoms with E-state index in [9.17, 15) is 0 Å². The smallest absolute Gasteiger partial charge is 0.148 e. The average molecular weight is 358 g/mol. The fraction of sp³-hybridized carbons (Fsp3) is 0.292. The molecule has 1 aliphatic rings. The molecule has 1 unspecified atom stereocenters. The van der Waals surface area contributed by atoms with E-state index in [1.807, 2.05) is 37.3 Å². The first-order valence-electron chi connectivity index (χ1n) is 9.74. The van der Waals surface area contributed by atoms with Gasteiger partial charge in [-0.1, -0.05) is 48.5 Å². The number of rotatable bonds is 5. The van der Waals surface area contributed by atoms with Crippen LogP contribution in [0.3, 0.4) is 0 Å². The van der Waals surface area contributed by atoms with Crippen LogP contribution in [0, 0.1) is 6.92 Å². The molecule has 27 heavy (non-hydrogen) atoms. The third-order valence-corrected chi connectivity index (χ3v) is 5.20. The Morgan fingerprint density at radius 3 is 2.44 bits per heavy atom. The maximum atomic E-state index is 5.98. The number of ether oxygens (including phenoxy) is 1. The number of aromatic nitrogens is 1. The second-order valence-corrected chi connectivity index (χ2v) is 7.29. The van der Waals surface area contributed by atoms with Crippen molar-refractivity contribution in [2.75, 3.05) is 13.1 Å². The highest BCUT2D eigenvalue weighted by Crippen LogP contribution is 2.30. The largest absolute Gasteiger partial charge is 0.455 e. The molecule has 0 radical (unpaired) electrons. The molecule has 1 saturated heterocycles. The molecule has 2 aromatic carbocycles. The van der Waals surface area contributed by atoms with E-state index < -0.39 is 0 Å². The van der Waals surface area contributed by atoms with Crippen molar-refractivity contribution in [2.45, 2.75) is 32.2 Å². The van der Waals surface area contributed by atoms with Gasteiger partial charge in [-0.2, -0.15) is 0 Å². The van der Waals surface area contributed by atoms with Gasteiger partial charge in [0.1, 0.15) is 11.5 Å². The molecule has 1 aliphatic heterocycles. The van der Waals surface area contributed by atoms with Gasteiger partial charge in [0.15, 0.2) is 0 Å². The zero-order chi connectivity index (χ0) is 18.5. The Morgan fingerprint density at radius 2 is 1.70 bits per heavy atom. The minimum absolute atomic E-state index is 0.493. The molecule has 3 heteroatoms. The van der Waals surface area contributed by atoms with E-state index in [-0.39, 0.29) is 0 Å². The summed E-state index contributed by atoms with van der Waals surface area (Å²) in [5, 5.41) is 0. The first kappa shape index (κ1) is 17.7. The molecular weight excluding hydrogens is 332 g/mol. The summed E-state index contributed by atoms with van der Waals surface area (Å²) in [6.45, 7) is 5.29. The summed E-state index contributed by atoms with van der Waals surface area (Å²) < 4.78 is 5.98. The molecule has 1 aromatic heterocycles. The second-order valence-electron chi connectivity index (χ2n) is 7.29. The predicted molar refractivity (Wildman–Crippen MR) is 109 cm³/mol. The Bertz CT molecular complexity index is 864. The molecule has 1 fully saturated rings. The molecule has 0 spiro atoms. The van der Waals surface area contributed by atoms with E-state index in [0.29, 0.717) is 5.92 Å². The summed E-state index contributed by atoms with van der Waals surface area (Å²) in [7, 11) is 0. The van der Waals surface area contributed by atoms with Gasteiger partial charge >= 0.3 is 0 Å². The van der Waals surface area contributed by atoms with E-state index in [2.05, 4.69) is 47.4 Å². The van der Waals surface area contributed by atoms with Crippen molar-refractivity contribution in [2.24, 2.45) is 0 Å². The number of hydrogen-bond acceptors (Lipinski definition) is 3. The monoisotopic (exact) mass is 358 g/mol. The fourth-order valence-corrected chi connectivity index (χ4v) is 3.80. The molecule has 0 saturated carbocycles. The molecule has 138 valence electrons. The molecular formula is C24H26N2O. The number of nitrogens with zero attached hydrogens (tertiary/aromatic N) is 2. The van der Waals surface area contributed by atoms with E-state index in [1.165, 1.54) is 30.6 Å². The van der Waals surface area contributed by atoms with Crippen LogP contribution >= 0.6 is 0 Å². The van der Waals surface area contributed by atoms with Gasteiger partial charge in [0.05, 0.1) is 5.69 Å². The number of aryl methyl sites for hydroxylation is 1. The number of piperidine rings is 1. The van der Waals surface area contributed by atoms with Gasteiger partial charge in [-0.15, -0.1) is 0 Å². The maximum Gasteiger partial charge on any atom is 0.148 e. The van der Waals surface area contributed by atoms with Crippen molar-refractivity contribution in [3.63, 3.8) is 0 Å². The minimum atomic E-state index is 0.493. The van der Waals surface area contributed by atoms with Gasteiger partial charge in [-0.05, 0) is 56.1 Å². The van der Waals surface area contributed by atoms with Crippen LogP contribution in [0.1, 0.15) is 35.7 Å². The topological polar surface area (TPSA) is 25.4 Å². The summed E-state index contributed by atoms with van der Waals surface area (Å²) >= 11 is 0. The third-order valence-electron chi connectivity index (χ3n) is 5.20. The zero-order valence-electron chi connectivity index (χ0n) is 15.8. The number of likely N-dealkylation sites (tertiary alicyclic amines) is 1. The molecule has 0 amide bonds. The van der Waals surface area contributed by atoms with Crippen LogP contribution in [0.2, 0.25) is 0 Å². The van der Waals surface area contributed by atoms with Gasteiger partial charge < -0.3 is 4.74 Å². The van der Waals surface area contributed by atoms with E-state index in [0.717, 1.165) is 30.3 Å². The highest BCUT2D eigenvalue weighted by molar-refractivity contribution is 5.35. The minimum Gasteiger partial charge on any atom is -0.455 e. The first-order valence-corrected chi connectivity index (χ1v) is 9.74. The Kier molecular flexibility index (Phi) is 5.50. The van der Waals surface area contributed by atoms with Gasteiger partial charge in [-0.3, -0.25) is 9.88 Å². The molecule has 1 atom stereocenters. The lowest BCUT2D eigenvalue weighted by molar-refractivity contribution is 0.198. The van der Waals surface area contributed by atoms with Crippen molar-refractivity contribution >= 4 is 0 Å². The Balaban J connectivity index is 1.44. The normalized spacial score (nSPS) is 17.6. The molecule has 4 rings (SSSR count). The van der Waals surface area contributed by atoms with Crippen molar-refractivity contribution in [1.82, 2.24) is 9.88 Å². The zero-order valence-corrected chi connectivity index (χ0v) is 15.8. The van der Waals surface area contributed by atoms with Crippen LogP contribution in [0.5, 0.6) is 11.5 Å². The summed E-state index contributed by atoms with van der Waals surface area (Å²) in [4.78, 5) is 7.43. The van der Waals surface area contributed by atoms with Crippen LogP contribution in [0.15, 0.2) is 72.8 Å². The molecule has 3 nitrogen and oxygen atoms in total. The van der Waals surface area contributed by atoms with Crippen LogP contribution < -0.4 is 4.74 Å². The Labute approximate surface area is 161 Å². The van der Waals surface area contributed by atoms with Gasteiger partial charge in [-0.25, -0.2) is 0 Å². The van der Waals surface area contributed by atoms with Crippen LogP contribution in [-0.4, -0.2) is 23.0 Å². The SMILES string of the molecule is Cc1nc(C2CCCN(Cc3ccccc3)C2)ccc1Oc1ccccc1. The van der Waals surface area contributed by atoms with E-state index >= 15 is 0 Å². The Morgan fingerprint density at radius 1 is 0.963 bits per heavy atom.